The van der Waals surface area contributed by atoms with Gasteiger partial charge >= 0.3 is 0 Å². The number of allylic oxidation sites excluding steroid dienone is 1. The first-order chi connectivity index (χ1) is 20.6. The van der Waals surface area contributed by atoms with Gasteiger partial charge in [0.25, 0.3) is 5.91 Å². The highest BCUT2D eigenvalue weighted by atomic mass is 32.1. The molecule has 1 amide bonds. The van der Waals surface area contributed by atoms with Crippen molar-refractivity contribution < 1.29 is 19.0 Å². The number of carbonyl (C=O) groups is 1. The molecular weight excluding hydrogens is 550 g/mol. The van der Waals surface area contributed by atoms with Crippen molar-refractivity contribution in [1.82, 2.24) is 14.9 Å². The van der Waals surface area contributed by atoms with Gasteiger partial charge in [-0.1, -0.05) is 36.8 Å². The van der Waals surface area contributed by atoms with Gasteiger partial charge in [-0.15, -0.1) is 0 Å². The fourth-order valence-electron chi connectivity index (χ4n) is 4.81. The molecule has 1 fully saturated rings. The molecule has 1 aliphatic rings. The second-order valence-corrected chi connectivity index (χ2v) is 10.9. The summed E-state index contributed by atoms with van der Waals surface area (Å²) in [5, 5.41) is 4.15. The maximum absolute atomic E-state index is 13.8. The highest BCUT2D eigenvalue weighted by Crippen LogP contribution is 2.35. The van der Waals surface area contributed by atoms with E-state index in [2.05, 4.69) is 28.2 Å². The van der Waals surface area contributed by atoms with Gasteiger partial charge in [-0.05, 0) is 55.8 Å². The normalized spacial score (nSPS) is 13.7. The number of nitrogens with one attached hydrogen (secondary N) is 1. The van der Waals surface area contributed by atoms with E-state index in [1.54, 1.807) is 24.6 Å². The van der Waals surface area contributed by atoms with Crippen LogP contribution in [0, 0.1) is 0 Å². The number of fused-ring (bicyclic) bond motifs is 1. The number of unbranched alkanes of at least 4 members (excludes halogenated alkanes) is 1. The molecule has 2 aromatic carbocycles. The van der Waals surface area contributed by atoms with Gasteiger partial charge in [-0.3, -0.25) is 9.78 Å². The van der Waals surface area contributed by atoms with Crippen molar-refractivity contribution in [3.05, 3.63) is 78.3 Å². The monoisotopic (exact) mass is 587 g/mol. The van der Waals surface area contributed by atoms with Gasteiger partial charge in [0.05, 0.1) is 41.9 Å². The number of rotatable bonds is 12. The second kappa shape index (κ2) is 14.2. The molecule has 0 spiro atoms. The number of thiazole rings is 1. The van der Waals surface area contributed by atoms with Crippen LogP contribution in [0.2, 0.25) is 0 Å². The van der Waals surface area contributed by atoms with E-state index in [0.29, 0.717) is 37.9 Å². The highest BCUT2D eigenvalue weighted by molar-refractivity contribution is 7.22. The van der Waals surface area contributed by atoms with Crippen molar-refractivity contribution >= 4 is 44.0 Å². The lowest BCUT2D eigenvalue weighted by atomic mass is 10.2. The van der Waals surface area contributed by atoms with Gasteiger partial charge in [-0.25, -0.2) is 4.98 Å². The van der Waals surface area contributed by atoms with Crippen molar-refractivity contribution in [1.29, 1.82) is 0 Å². The summed E-state index contributed by atoms with van der Waals surface area (Å²) >= 11 is 1.54. The van der Waals surface area contributed by atoms with E-state index in [1.165, 1.54) is 0 Å². The Morgan fingerprint density at radius 1 is 1.14 bits per heavy atom. The van der Waals surface area contributed by atoms with E-state index in [9.17, 15) is 4.79 Å². The number of anilines is 3. The molecule has 4 aromatic rings. The van der Waals surface area contributed by atoms with Crippen LogP contribution in [0.15, 0.2) is 72.6 Å². The molecule has 0 radical (unpaired) electrons. The van der Waals surface area contributed by atoms with Crippen LogP contribution in [0.3, 0.4) is 0 Å². The third-order valence-corrected chi connectivity index (χ3v) is 7.96. The smallest absolute Gasteiger partial charge is 0.274 e. The molecule has 0 atom stereocenters. The molecule has 0 unspecified atom stereocenters. The number of amides is 1. The molecule has 0 aliphatic carbocycles. The Labute approximate surface area is 250 Å². The van der Waals surface area contributed by atoms with E-state index in [4.69, 9.17) is 19.2 Å². The molecule has 9 nitrogen and oxygen atoms in total. The molecule has 220 valence electrons. The molecule has 42 heavy (non-hydrogen) atoms. The topological polar surface area (TPSA) is 89.1 Å². The van der Waals surface area contributed by atoms with Crippen LogP contribution in [0.5, 0.6) is 11.5 Å². The molecule has 3 heterocycles. The van der Waals surface area contributed by atoms with Crippen molar-refractivity contribution in [2.24, 2.45) is 0 Å². The summed E-state index contributed by atoms with van der Waals surface area (Å²) in [5.74, 6) is 1.27. The highest BCUT2D eigenvalue weighted by Gasteiger charge is 2.25. The molecule has 1 N–H and O–H groups in total. The Kier molecular flexibility index (Phi) is 9.89. The zero-order chi connectivity index (χ0) is 29.3. The number of aromatic nitrogens is 2. The van der Waals surface area contributed by atoms with Gasteiger partial charge in [0.15, 0.2) is 16.6 Å². The largest absolute Gasteiger partial charge is 0.493 e. The van der Waals surface area contributed by atoms with Gasteiger partial charge in [-0.2, -0.15) is 0 Å². The lowest BCUT2D eigenvalue weighted by Gasteiger charge is -2.33. The standard InChI is InChI=1S/C32H37N5O4S/c1-4-6-15-37(31(38)27(5-2)36-16-18-40-19-17-36)25-11-12-26-30(21-25)42-32(35-26)34-23-10-13-28(29(20-23)39-3)41-22-24-9-7-8-14-33-24/h5,7-14,20-21H,4,6,15-19,22H2,1-3H3,(H,34,35)/b27-5+. The minimum Gasteiger partial charge on any atom is -0.493 e. The number of hydrogen-bond acceptors (Lipinski definition) is 9. The molecule has 0 bridgehead atoms. The maximum atomic E-state index is 13.8. The SMILES string of the molecule is C/C=C(\C(=O)N(CCCC)c1ccc2nc(Nc3ccc(OCc4ccccn4)c(OC)c3)sc2c1)N1CCOCC1. The summed E-state index contributed by atoms with van der Waals surface area (Å²) in [5.41, 5.74) is 4.14. The van der Waals surface area contributed by atoms with Crippen LogP contribution in [-0.2, 0) is 16.1 Å². The quantitative estimate of drug-likeness (QED) is 0.191. The molecule has 1 aliphatic heterocycles. The Hall–Kier alpha value is -4.15. The van der Waals surface area contributed by atoms with Crippen molar-refractivity contribution in [2.45, 2.75) is 33.3 Å². The van der Waals surface area contributed by atoms with Crippen LogP contribution < -0.4 is 19.7 Å². The maximum Gasteiger partial charge on any atom is 0.274 e. The van der Waals surface area contributed by atoms with Crippen molar-refractivity contribution in [3.8, 4) is 11.5 Å². The molecule has 5 rings (SSSR count). The van der Waals surface area contributed by atoms with Gasteiger partial charge < -0.3 is 29.3 Å². The summed E-state index contributed by atoms with van der Waals surface area (Å²) in [6.45, 7) is 7.78. The lowest BCUT2D eigenvalue weighted by molar-refractivity contribution is -0.117. The van der Waals surface area contributed by atoms with Crippen LogP contribution in [0.25, 0.3) is 10.2 Å². The molecule has 1 saturated heterocycles. The fourth-order valence-corrected chi connectivity index (χ4v) is 5.72. The average molecular weight is 588 g/mol. The number of nitrogens with zero attached hydrogens (tertiary/aromatic N) is 4. The predicted molar refractivity (Wildman–Crippen MR) is 168 cm³/mol. The van der Waals surface area contributed by atoms with E-state index in [0.717, 1.165) is 64.0 Å². The minimum absolute atomic E-state index is 0.0208. The number of methoxy groups -OCH3 is 1. The molecule has 2 aromatic heterocycles. The first kappa shape index (κ1) is 29.3. The predicted octanol–water partition coefficient (Wildman–Crippen LogP) is 6.39. The summed E-state index contributed by atoms with van der Waals surface area (Å²) < 4.78 is 18.0. The number of benzene rings is 2. The number of hydrogen-bond donors (Lipinski definition) is 1. The number of ether oxygens (including phenoxy) is 3. The van der Waals surface area contributed by atoms with Gasteiger partial charge in [0.2, 0.25) is 0 Å². The van der Waals surface area contributed by atoms with Crippen LogP contribution in [0.4, 0.5) is 16.5 Å². The fraction of sp³-hybridized carbons (Fsp3) is 0.344. The molecule has 0 saturated carbocycles. The minimum atomic E-state index is 0.0208. The summed E-state index contributed by atoms with van der Waals surface area (Å²) in [6, 6.07) is 17.5. The zero-order valence-electron chi connectivity index (χ0n) is 24.3. The Balaban J connectivity index is 1.33. The number of morpholine rings is 1. The molecular formula is C32H37N5O4S. The van der Waals surface area contributed by atoms with Crippen LogP contribution >= 0.6 is 11.3 Å². The Morgan fingerprint density at radius 2 is 2.00 bits per heavy atom. The summed E-state index contributed by atoms with van der Waals surface area (Å²) in [6.07, 6.45) is 5.58. The van der Waals surface area contributed by atoms with E-state index in [1.807, 2.05) is 66.4 Å². The summed E-state index contributed by atoms with van der Waals surface area (Å²) in [7, 11) is 1.62. The van der Waals surface area contributed by atoms with Crippen molar-refractivity contribution in [3.63, 3.8) is 0 Å². The zero-order valence-corrected chi connectivity index (χ0v) is 25.2. The Morgan fingerprint density at radius 3 is 2.74 bits per heavy atom. The van der Waals surface area contributed by atoms with E-state index >= 15 is 0 Å². The second-order valence-electron chi connectivity index (χ2n) is 9.86. The first-order valence-electron chi connectivity index (χ1n) is 14.3. The van der Waals surface area contributed by atoms with Crippen molar-refractivity contribution in [2.75, 3.05) is 50.2 Å². The average Bonchev–Trinajstić information content (AvgIpc) is 3.43. The lowest BCUT2D eigenvalue weighted by Crippen LogP contribution is -2.43. The molecule has 10 heteroatoms. The third-order valence-electron chi connectivity index (χ3n) is 7.03. The third kappa shape index (κ3) is 7.00. The van der Waals surface area contributed by atoms with Crippen LogP contribution in [-0.4, -0.2) is 60.7 Å². The number of carbonyl (C=O) groups excluding carboxylic acids is 1. The first-order valence-corrected chi connectivity index (χ1v) is 15.1. The Bertz CT molecular complexity index is 1520. The van der Waals surface area contributed by atoms with Gasteiger partial charge in [0.1, 0.15) is 6.61 Å². The van der Waals surface area contributed by atoms with E-state index < -0.39 is 0 Å². The number of pyridine rings is 1. The van der Waals surface area contributed by atoms with Crippen LogP contribution in [0.1, 0.15) is 32.4 Å². The van der Waals surface area contributed by atoms with Gasteiger partial charge in [0, 0.05) is 43.3 Å². The van der Waals surface area contributed by atoms with E-state index in [-0.39, 0.29) is 5.91 Å². The summed E-state index contributed by atoms with van der Waals surface area (Å²) in [4.78, 5) is 26.9.